The molecule has 1 aromatic carbocycles. The number of hydrogen-bond donors (Lipinski definition) is 0. The highest BCUT2D eigenvalue weighted by molar-refractivity contribution is 5.95. The average Bonchev–Trinajstić information content (AvgIpc) is 2.95. The molecule has 1 aliphatic rings. The van der Waals surface area contributed by atoms with Gasteiger partial charge in [-0.15, -0.1) is 0 Å². The van der Waals surface area contributed by atoms with Crippen LogP contribution in [0, 0.1) is 13.8 Å². The Balaban J connectivity index is 1.90. The lowest BCUT2D eigenvalue weighted by atomic mass is 10.0. The van der Waals surface area contributed by atoms with Gasteiger partial charge in [-0.25, -0.2) is 0 Å². The van der Waals surface area contributed by atoms with Crippen LogP contribution in [0.1, 0.15) is 45.9 Å². The Labute approximate surface area is 125 Å². The van der Waals surface area contributed by atoms with Crippen molar-refractivity contribution in [2.45, 2.75) is 32.7 Å². The lowest BCUT2D eigenvalue weighted by Crippen LogP contribution is -2.30. The number of likely N-dealkylation sites (tertiary alicyclic amines) is 1. The second-order valence-electron chi connectivity index (χ2n) is 5.81. The number of aromatic nitrogens is 1. The molecule has 21 heavy (non-hydrogen) atoms. The first-order valence-electron chi connectivity index (χ1n) is 7.44. The zero-order valence-corrected chi connectivity index (χ0v) is 12.5. The molecule has 3 heteroatoms. The lowest BCUT2D eigenvalue weighted by Gasteiger charge is -2.25. The fourth-order valence-corrected chi connectivity index (χ4v) is 3.21. The lowest BCUT2D eigenvalue weighted by molar-refractivity contribution is 0.0735. The minimum atomic E-state index is 0.140. The first-order chi connectivity index (χ1) is 10.1. The van der Waals surface area contributed by atoms with Gasteiger partial charge in [0.05, 0.1) is 6.04 Å². The Morgan fingerprint density at radius 3 is 2.48 bits per heavy atom. The maximum atomic E-state index is 12.8. The van der Waals surface area contributed by atoms with Gasteiger partial charge >= 0.3 is 0 Å². The summed E-state index contributed by atoms with van der Waals surface area (Å²) in [5, 5.41) is 0. The molecule has 1 aliphatic heterocycles. The molecule has 0 spiro atoms. The molecule has 2 heterocycles. The molecule has 0 N–H and O–H groups in total. The number of aryl methyl sites for hydroxylation is 2. The van der Waals surface area contributed by atoms with Crippen molar-refractivity contribution in [2.75, 3.05) is 6.54 Å². The number of amides is 1. The normalized spacial score (nSPS) is 18.0. The molecular formula is C18H20N2O. The van der Waals surface area contributed by atoms with Gasteiger partial charge in [-0.2, -0.15) is 0 Å². The molecule has 1 aromatic heterocycles. The van der Waals surface area contributed by atoms with Crippen LogP contribution in [0.5, 0.6) is 0 Å². The summed E-state index contributed by atoms with van der Waals surface area (Å²) in [5.74, 6) is 0.140. The Kier molecular flexibility index (Phi) is 3.74. The van der Waals surface area contributed by atoms with Gasteiger partial charge in [0.15, 0.2) is 0 Å². The van der Waals surface area contributed by atoms with E-state index in [0.29, 0.717) is 0 Å². The van der Waals surface area contributed by atoms with Gasteiger partial charge in [0.2, 0.25) is 0 Å². The van der Waals surface area contributed by atoms with Gasteiger partial charge in [-0.05, 0) is 56.5 Å². The van der Waals surface area contributed by atoms with Crippen molar-refractivity contribution in [3.05, 3.63) is 65.0 Å². The van der Waals surface area contributed by atoms with E-state index in [9.17, 15) is 4.79 Å². The molecule has 1 saturated heterocycles. The maximum absolute atomic E-state index is 12.8. The van der Waals surface area contributed by atoms with E-state index in [0.717, 1.165) is 36.1 Å². The summed E-state index contributed by atoms with van der Waals surface area (Å²) in [7, 11) is 0. The predicted molar refractivity (Wildman–Crippen MR) is 83.2 cm³/mol. The van der Waals surface area contributed by atoms with Crippen molar-refractivity contribution in [3.8, 4) is 0 Å². The van der Waals surface area contributed by atoms with Gasteiger partial charge in [0.25, 0.3) is 5.91 Å². The van der Waals surface area contributed by atoms with Crippen molar-refractivity contribution >= 4 is 5.91 Å². The standard InChI is InChI=1S/C18H20N2O/c1-13-10-14(2)12-16(11-13)18(21)20-9-3-4-17(20)15-5-7-19-8-6-15/h5-8,10-12,17H,3-4,9H2,1-2H3/t17-/m1/s1. The van der Waals surface area contributed by atoms with Gasteiger partial charge < -0.3 is 4.90 Å². The molecule has 0 aliphatic carbocycles. The van der Waals surface area contributed by atoms with E-state index < -0.39 is 0 Å². The fourth-order valence-electron chi connectivity index (χ4n) is 3.21. The summed E-state index contributed by atoms with van der Waals surface area (Å²) in [6, 6.07) is 10.3. The van der Waals surface area contributed by atoms with Gasteiger partial charge in [0.1, 0.15) is 0 Å². The number of pyridine rings is 1. The van der Waals surface area contributed by atoms with Crippen LogP contribution in [0.25, 0.3) is 0 Å². The molecule has 3 rings (SSSR count). The van der Waals surface area contributed by atoms with Gasteiger partial charge in [-0.3, -0.25) is 9.78 Å². The van der Waals surface area contributed by atoms with Crippen LogP contribution in [-0.4, -0.2) is 22.3 Å². The molecule has 108 valence electrons. The van der Waals surface area contributed by atoms with Gasteiger partial charge in [0, 0.05) is 24.5 Å². The largest absolute Gasteiger partial charge is 0.332 e. The van der Waals surface area contributed by atoms with E-state index in [2.05, 4.69) is 11.1 Å². The minimum absolute atomic E-state index is 0.140. The quantitative estimate of drug-likeness (QED) is 0.841. The first kappa shape index (κ1) is 13.8. The highest BCUT2D eigenvalue weighted by Gasteiger charge is 2.30. The zero-order chi connectivity index (χ0) is 14.8. The number of benzene rings is 1. The van der Waals surface area contributed by atoms with Crippen LogP contribution in [0.2, 0.25) is 0 Å². The Bertz CT molecular complexity index is 631. The van der Waals surface area contributed by atoms with E-state index in [1.165, 1.54) is 5.56 Å². The van der Waals surface area contributed by atoms with Crippen LogP contribution >= 0.6 is 0 Å². The van der Waals surface area contributed by atoms with E-state index >= 15 is 0 Å². The monoisotopic (exact) mass is 280 g/mol. The van der Waals surface area contributed by atoms with Crippen molar-refractivity contribution < 1.29 is 4.79 Å². The number of carbonyl (C=O) groups is 1. The second-order valence-corrected chi connectivity index (χ2v) is 5.81. The topological polar surface area (TPSA) is 33.2 Å². The van der Waals surface area contributed by atoms with Crippen LogP contribution < -0.4 is 0 Å². The molecule has 0 radical (unpaired) electrons. The van der Waals surface area contributed by atoms with Crippen molar-refractivity contribution in [1.82, 2.24) is 9.88 Å². The third-order valence-electron chi connectivity index (χ3n) is 4.07. The van der Waals surface area contributed by atoms with Crippen molar-refractivity contribution in [2.24, 2.45) is 0 Å². The summed E-state index contributed by atoms with van der Waals surface area (Å²) in [5.41, 5.74) is 4.25. The number of hydrogen-bond acceptors (Lipinski definition) is 2. The third-order valence-corrected chi connectivity index (χ3v) is 4.07. The van der Waals surface area contributed by atoms with Crippen LogP contribution in [0.4, 0.5) is 0 Å². The zero-order valence-electron chi connectivity index (χ0n) is 12.5. The summed E-state index contributed by atoms with van der Waals surface area (Å²) in [6.07, 6.45) is 5.68. The molecule has 0 bridgehead atoms. The predicted octanol–water partition coefficient (Wildman–Crippen LogP) is 3.68. The van der Waals surface area contributed by atoms with E-state index in [4.69, 9.17) is 0 Å². The number of carbonyl (C=O) groups excluding carboxylic acids is 1. The van der Waals surface area contributed by atoms with E-state index in [1.54, 1.807) is 12.4 Å². The Hall–Kier alpha value is -2.16. The smallest absolute Gasteiger partial charge is 0.254 e. The first-order valence-corrected chi connectivity index (χ1v) is 7.44. The summed E-state index contributed by atoms with van der Waals surface area (Å²) in [6.45, 7) is 4.90. The highest BCUT2D eigenvalue weighted by Crippen LogP contribution is 2.32. The molecule has 2 aromatic rings. The molecular weight excluding hydrogens is 260 g/mol. The molecule has 1 amide bonds. The average molecular weight is 280 g/mol. The van der Waals surface area contributed by atoms with E-state index in [-0.39, 0.29) is 11.9 Å². The molecule has 0 unspecified atom stereocenters. The highest BCUT2D eigenvalue weighted by atomic mass is 16.2. The van der Waals surface area contributed by atoms with Crippen LogP contribution in [-0.2, 0) is 0 Å². The third kappa shape index (κ3) is 2.82. The fraction of sp³-hybridized carbons (Fsp3) is 0.333. The molecule has 3 nitrogen and oxygen atoms in total. The van der Waals surface area contributed by atoms with Crippen molar-refractivity contribution in [3.63, 3.8) is 0 Å². The minimum Gasteiger partial charge on any atom is -0.332 e. The Morgan fingerprint density at radius 1 is 1.14 bits per heavy atom. The Morgan fingerprint density at radius 2 is 1.81 bits per heavy atom. The van der Waals surface area contributed by atoms with Crippen LogP contribution in [0.3, 0.4) is 0 Å². The van der Waals surface area contributed by atoms with Crippen LogP contribution in [0.15, 0.2) is 42.7 Å². The molecule has 1 fully saturated rings. The SMILES string of the molecule is Cc1cc(C)cc(C(=O)N2CCC[C@@H]2c2ccncc2)c1. The molecule has 0 saturated carbocycles. The maximum Gasteiger partial charge on any atom is 0.254 e. The number of nitrogens with zero attached hydrogens (tertiary/aromatic N) is 2. The van der Waals surface area contributed by atoms with E-state index in [1.807, 2.05) is 43.0 Å². The summed E-state index contributed by atoms with van der Waals surface area (Å²) >= 11 is 0. The summed E-state index contributed by atoms with van der Waals surface area (Å²) < 4.78 is 0. The second kappa shape index (κ2) is 5.68. The molecule has 1 atom stereocenters. The van der Waals surface area contributed by atoms with Crippen molar-refractivity contribution in [1.29, 1.82) is 0 Å². The summed E-state index contributed by atoms with van der Waals surface area (Å²) in [4.78, 5) is 18.9. The number of rotatable bonds is 2. The van der Waals surface area contributed by atoms with Gasteiger partial charge in [-0.1, -0.05) is 17.2 Å².